The van der Waals surface area contributed by atoms with Crippen LogP contribution >= 0.6 is 0 Å². The van der Waals surface area contributed by atoms with Crippen LogP contribution in [0.3, 0.4) is 0 Å². The van der Waals surface area contributed by atoms with Crippen LogP contribution in [-0.2, 0) is 17.3 Å². The Hall–Kier alpha value is -10.9. The first-order valence-electron chi connectivity index (χ1n) is 33.4. The van der Waals surface area contributed by atoms with Crippen LogP contribution in [0.25, 0.3) is 93.5 Å². The zero-order chi connectivity index (χ0) is 63.8. The van der Waals surface area contributed by atoms with E-state index in [0.717, 1.165) is 18.4 Å². The molecular weight excluding hydrogens is 1130 g/mol. The second kappa shape index (κ2) is 23.3. The van der Waals surface area contributed by atoms with Crippen molar-refractivity contribution in [1.82, 2.24) is 0 Å². The van der Waals surface area contributed by atoms with E-state index < -0.39 is 10.8 Å². The van der Waals surface area contributed by atoms with E-state index in [1.54, 1.807) is 0 Å². The van der Waals surface area contributed by atoms with Gasteiger partial charge in [0, 0.05) is 0 Å². The van der Waals surface area contributed by atoms with Crippen molar-refractivity contribution in [2.45, 2.75) is 65.2 Å². The van der Waals surface area contributed by atoms with Gasteiger partial charge in [-0.1, -0.05) is 308 Å². The van der Waals surface area contributed by atoms with E-state index in [1.165, 1.54) is 177 Å². The van der Waals surface area contributed by atoms with Gasteiger partial charge in [0.05, 0.1) is 10.8 Å². The van der Waals surface area contributed by atoms with Gasteiger partial charge < -0.3 is 0 Å². The minimum Gasteiger partial charge on any atom is -0.0985 e. The maximum absolute atomic E-state index is 4.16. The highest BCUT2D eigenvalue weighted by Crippen LogP contribution is 2.61. The third-order valence-electron chi connectivity index (χ3n) is 20.8. The molecule has 2 aliphatic rings. The van der Waals surface area contributed by atoms with Crippen molar-refractivity contribution in [3.8, 4) is 55.6 Å². The van der Waals surface area contributed by atoms with E-state index in [9.17, 15) is 0 Å². The molecule has 0 heterocycles. The molecule has 16 rings (SSSR count). The third kappa shape index (κ3) is 9.57. The van der Waals surface area contributed by atoms with Crippen LogP contribution in [0.4, 0.5) is 0 Å². The zero-order valence-electron chi connectivity index (χ0n) is 54.5. The fourth-order valence-electron chi connectivity index (χ4n) is 16.1. The largest absolute Gasteiger partial charge is 0.0985 e. The van der Waals surface area contributed by atoms with Crippen molar-refractivity contribution in [3.63, 3.8) is 0 Å². The summed E-state index contributed by atoms with van der Waals surface area (Å²) < 4.78 is 0. The van der Waals surface area contributed by atoms with Crippen LogP contribution < -0.4 is 0 Å². The van der Waals surface area contributed by atoms with E-state index in [0.29, 0.717) is 0 Å². The van der Waals surface area contributed by atoms with E-state index in [1.807, 2.05) is 6.08 Å². The molecule has 0 saturated carbocycles. The normalized spacial score (nSPS) is 15.6. The molecule has 0 aromatic heterocycles. The zero-order valence-corrected chi connectivity index (χ0v) is 54.5. The molecule has 0 bridgehead atoms. The van der Waals surface area contributed by atoms with Gasteiger partial charge in [-0.25, -0.2) is 0 Å². The lowest BCUT2D eigenvalue weighted by atomic mass is 9.67. The minimum atomic E-state index is -0.660. The van der Waals surface area contributed by atoms with E-state index in [-0.39, 0.29) is 0 Å². The van der Waals surface area contributed by atoms with Gasteiger partial charge in [0.1, 0.15) is 0 Å². The predicted molar refractivity (Wildman–Crippen MR) is 400 cm³/mol. The molecule has 2 aliphatic carbocycles. The fourth-order valence-corrected chi connectivity index (χ4v) is 16.1. The SMILES string of the molecule is C=CC(=CCC=CC)c1ccc2cc(Cc3ccc(C4(c5ccc(C)cc5)c5cc(-c6ccc7ccc(C)cc7c6)ccc5-c5c(-c6ccc(C7(c8ccc(C)cc8)c8ccccc8-c8c(-c9ccc%10ccc(C)cc%10c9)cccc87)cc6)cccc54)cc3)c(C)cc2c1. The van der Waals surface area contributed by atoms with Crippen molar-refractivity contribution < 1.29 is 0 Å². The van der Waals surface area contributed by atoms with Crippen LogP contribution in [0.2, 0.25) is 0 Å². The van der Waals surface area contributed by atoms with Crippen molar-refractivity contribution >= 4 is 37.9 Å². The number of hydrogen-bond donors (Lipinski definition) is 0. The minimum absolute atomic E-state index is 0.590. The summed E-state index contributed by atoms with van der Waals surface area (Å²) in [7, 11) is 0. The Kier molecular flexibility index (Phi) is 14.4. The summed E-state index contributed by atoms with van der Waals surface area (Å²) in [5.41, 5.74) is 32.7. The second-order valence-electron chi connectivity index (χ2n) is 26.6. The van der Waals surface area contributed by atoms with Crippen LogP contribution in [0.1, 0.15) is 102 Å². The van der Waals surface area contributed by atoms with Gasteiger partial charge in [0.25, 0.3) is 0 Å². The third-order valence-corrected chi connectivity index (χ3v) is 20.8. The fraction of sp³-hybridized carbons (Fsp3) is 0.106. The first kappa shape index (κ1) is 58.2. The summed E-state index contributed by atoms with van der Waals surface area (Å²) in [6.45, 7) is 17.3. The van der Waals surface area contributed by atoms with Gasteiger partial charge in [-0.05, 0) is 239 Å². The van der Waals surface area contributed by atoms with E-state index in [2.05, 4.69) is 345 Å². The molecule has 14 aromatic carbocycles. The number of fused-ring (bicyclic) bond motifs is 9. The Morgan fingerprint density at radius 1 is 0.351 bits per heavy atom. The van der Waals surface area contributed by atoms with Gasteiger partial charge >= 0.3 is 0 Å². The second-order valence-corrected chi connectivity index (χ2v) is 26.6. The molecule has 94 heavy (non-hydrogen) atoms. The standard InChI is InChI=1S/C94H74/c1-8-10-11-16-66(9-2)70-36-37-72-55-75(64(7)53-78(72)56-70)54-65-29-46-81(47-30-65)94(80-44-27-61(4)28-45-80)89-22-14-18-83(91(89)86-50-41-73(59-90(86)94)71-35-33-67-31-23-62(5)51-76(67)57-71)69-39-48-82(49-40-69)93(79-42-25-60(3)26-43-79)87-20-13-12-17-85(87)92-84(19-15-21-88(92)93)74-38-34-68-32-24-63(6)52-77(68)58-74/h8-10,12-53,55-59H,2,11,54H2,1,3-7H3. The summed E-state index contributed by atoms with van der Waals surface area (Å²) in [4.78, 5) is 0. The summed E-state index contributed by atoms with van der Waals surface area (Å²) in [6, 6.07) is 108. The Balaban J connectivity index is 0.855. The van der Waals surface area contributed by atoms with E-state index >= 15 is 0 Å². The lowest BCUT2D eigenvalue weighted by Gasteiger charge is -2.34. The molecular formula is C94H74. The Bertz CT molecular complexity index is 5420. The molecule has 14 aromatic rings. The number of allylic oxidation sites excluding steroid dienone is 5. The highest BCUT2D eigenvalue weighted by molar-refractivity contribution is 6.00. The highest BCUT2D eigenvalue weighted by Gasteiger charge is 2.49. The molecule has 0 N–H and O–H groups in total. The number of benzene rings is 14. The summed E-state index contributed by atoms with van der Waals surface area (Å²) in [5, 5.41) is 7.51. The smallest absolute Gasteiger partial charge is 0.0714 e. The molecule has 450 valence electrons. The molecule has 2 unspecified atom stereocenters. The Morgan fingerprint density at radius 2 is 0.819 bits per heavy atom. The van der Waals surface area contributed by atoms with Gasteiger partial charge in [-0.2, -0.15) is 0 Å². The maximum atomic E-state index is 4.16. The monoisotopic (exact) mass is 1200 g/mol. The average molecular weight is 1200 g/mol. The quantitative estimate of drug-likeness (QED) is 0.0797. The molecule has 0 spiro atoms. The van der Waals surface area contributed by atoms with Crippen LogP contribution in [0.15, 0.2) is 310 Å². The van der Waals surface area contributed by atoms with Gasteiger partial charge in [-0.3, -0.25) is 0 Å². The van der Waals surface area contributed by atoms with Crippen molar-refractivity contribution in [1.29, 1.82) is 0 Å². The molecule has 0 nitrogen and oxygen atoms in total. The maximum Gasteiger partial charge on any atom is 0.0714 e. The molecule has 0 fully saturated rings. The molecule has 0 radical (unpaired) electrons. The van der Waals surface area contributed by atoms with Gasteiger partial charge in [0.2, 0.25) is 0 Å². The topological polar surface area (TPSA) is 0 Å². The van der Waals surface area contributed by atoms with Crippen LogP contribution in [-0.4, -0.2) is 0 Å². The first-order chi connectivity index (χ1) is 46.0. The molecule has 0 heteroatoms. The number of aryl methyl sites for hydroxylation is 5. The molecule has 2 atom stereocenters. The Morgan fingerprint density at radius 3 is 1.45 bits per heavy atom. The molecule has 0 saturated heterocycles. The van der Waals surface area contributed by atoms with Crippen molar-refractivity contribution in [2.75, 3.05) is 0 Å². The highest BCUT2D eigenvalue weighted by atomic mass is 14.5. The lowest BCUT2D eigenvalue weighted by Crippen LogP contribution is -2.28. The van der Waals surface area contributed by atoms with Gasteiger partial charge in [-0.15, -0.1) is 0 Å². The number of hydrogen-bond acceptors (Lipinski definition) is 0. The van der Waals surface area contributed by atoms with Gasteiger partial charge in [0.15, 0.2) is 0 Å². The summed E-state index contributed by atoms with van der Waals surface area (Å²) in [6.07, 6.45) is 10.2. The van der Waals surface area contributed by atoms with Crippen LogP contribution in [0, 0.1) is 34.6 Å². The first-order valence-corrected chi connectivity index (χ1v) is 33.4. The Labute approximate surface area is 554 Å². The van der Waals surface area contributed by atoms with Crippen LogP contribution in [0.5, 0.6) is 0 Å². The molecule has 0 amide bonds. The summed E-state index contributed by atoms with van der Waals surface area (Å²) >= 11 is 0. The molecule has 0 aliphatic heterocycles. The number of rotatable bonds is 13. The van der Waals surface area contributed by atoms with Crippen molar-refractivity contribution in [2.24, 2.45) is 0 Å². The van der Waals surface area contributed by atoms with E-state index in [4.69, 9.17) is 0 Å². The summed E-state index contributed by atoms with van der Waals surface area (Å²) in [5.74, 6) is 0. The lowest BCUT2D eigenvalue weighted by molar-refractivity contribution is 0.767. The average Bonchev–Trinajstić information content (AvgIpc) is 1.53. The predicted octanol–water partition coefficient (Wildman–Crippen LogP) is 24.5. The van der Waals surface area contributed by atoms with Crippen molar-refractivity contribution in [3.05, 3.63) is 399 Å².